The molecule has 0 atom stereocenters. The lowest BCUT2D eigenvalue weighted by Gasteiger charge is -2.34. The number of hydrogen-bond acceptors (Lipinski definition) is 1. The summed E-state index contributed by atoms with van der Waals surface area (Å²) in [6, 6.07) is 29.0. The van der Waals surface area contributed by atoms with Crippen molar-refractivity contribution in [1.29, 1.82) is 5.26 Å². The van der Waals surface area contributed by atoms with E-state index in [-0.39, 0.29) is 24.2 Å². The number of rotatable bonds is 4. The van der Waals surface area contributed by atoms with Crippen LogP contribution in [-0.2, 0) is 0 Å². The summed E-state index contributed by atoms with van der Waals surface area (Å²) >= 11 is 0. The first-order chi connectivity index (χ1) is 15.4. The molecular formula is C26H21NSi. The molecule has 0 aliphatic rings. The van der Waals surface area contributed by atoms with E-state index in [2.05, 4.69) is 6.07 Å². The summed E-state index contributed by atoms with van der Waals surface area (Å²) in [7, 11) is -3.25. The molecule has 0 aliphatic carbocycles. The van der Waals surface area contributed by atoms with Gasteiger partial charge in [0.1, 0.15) is 0 Å². The molecule has 0 bridgehead atoms. The Balaban J connectivity index is 2.29. The Morgan fingerprint density at radius 3 is 1.96 bits per heavy atom. The van der Waals surface area contributed by atoms with E-state index >= 15 is 0 Å². The van der Waals surface area contributed by atoms with Crippen LogP contribution in [0.25, 0.3) is 0 Å². The van der Waals surface area contributed by atoms with Crippen molar-refractivity contribution in [2.24, 2.45) is 0 Å². The highest BCUT2D eigenvalue weighted by atomic mass is 28.3. The molecule has 0 saturated carbocycles. The lowest BCUT2D eigenvalue weighted by atomic mass is 10.2. The molecule has 0 saturated heterocycles. The molecule has 4 aromatic carbocycles. The molecule has 0 aliphatic heterocycles. The Kier molecular flexibility index (Phi) is 3.76. The van der Waals surface area contributed by atoms with Crippen LogP contribution in [0.2, 0.25) is 0 Å². The summed E-state index contributed by atoms with van der Waals surface area (Å²) in [5.74, 6) is 0. The van der Waals surface area contributed by atoms with Gasteiger partial charge in [-0.25, -0.2) is 0 Å². The van der Waals surface area contributed by atoms with Gasteiger partial charge in [-0.3, -0.25) is 0 Å². The van der Waals surface area contributed by atoms with Gasteiger partial charge >= 0.3 is 0 Å². The first-order valence-corrected chi connectivity index (χ1v) is 11.1. The van der Waals surface area contributed by atoms with Crippen molar-refractivity contribution in [2.45, 2.75) is 6.92 Å². The highest BCUT2D eigenvalue weighted by molar-refractivity contribution is 7.19. The van der Waals surface area contributed by atoms with Crippen LogP contribution in [0, 0.1) is 18.3 Å². The van der Waals surface area contributed by atoms with E-state index < -0.39 is 8.07 Å². The SMILES string of the molecule is [2H]c1c([2H])c(C)c([2H])c([Si](c2ccccc2)(c2ccccc2)c2cccc(C#N)c2)c1[2H]. The van der Waals surface area contributed by atoms with Crippen molar-refractivity contribution in [2.75, 3.05) is 0 Å². The molecule has 0 unspecified atom stereocenters. The van der Waals surface area contributed by atoms with E-state index in [0.29, 0.717) is 16.3 Å². The lowest BCUT2D eigenvalue weighted by Crippen LogP contribution is -2.74. The molecule has 28 heavy (non-hydrogen) atoms. The van der Waals surface area contributed by atoms with Crippen molar-refractivity contribution in [3.8, 4) is 6.07 Å². The second-order valence-corrected chi connectivity index (χ2v) is 10.4. The van der Waals surface area contributed by atoms with Gasteiger partial charge in [-0.2, -0.15) is 5.26 Å². The molecule has 0 spiro atoms. The van der Waals surface area contributed by atoms with Gasteiger partial charge in [-0.15, -0.1) is 0 Å². The fourth-order valence-electron chi connectivity index (χ4n) is 3.76. The number of nitriles is 1. The van der Waals surface area contributed by atoms with Crippen LogP contribution in [0.1, 0.15) is 16.6 Å². The molecule has 0 heterocycles. The second-order valence-electron chi connectivity index (χ2n) is 6.67. The topological polar surface area (TPSA) is 23.8 Å². The summed E-state index contributed by atoms with van der Waals surface area (Å²) < 4.78 is 34.7. The maximum Gasteiger partial charge on any atom is 0.179 e. The van der Waals surface area contributed by atoms with E-state index in [4.69, 9.17) is 5.48 Å². The summed E-state index contributed by atoms with van der Waals surface area (Å²) in [5.41, 5.74) is 0.894. The third-order valence-electron chi connectivity index (χ3n) is 4.96. The average Bonchev–Trinajstić information content (AvgIpc) is 2.85. The second kappa shape index (κ2) is 7.68. The molecule has 0 radical (unpaired) electrons. The van der Waals surface area contributed by atoms with Crippen molar-refractivity contribution in [3.63, 3.8) is 0 Å². The van der Waals surface area contributed by atoms with Crippen LogP contribution in [0.15, 0.2) is 109 Å². The Hall–Kier alpha value is -3.41. The van der Waals surface area contributed by atoms with Crippen molar-refractivity contribution in [1.82, 2.24) is 0 Å². The molecule has 4 aromatic rings. The predicted octanol–water partition coefficient (Wildman–Crippen LogP) is 3.24. The van der Waals surface area contributed by atoms with E-state index in [1.165, 1.54) is 0 Å². The van der Waals surface area contributed by atoms with Gasteiger partial charge in [0.2, 0.25) is 0 Å². The molecule has 0 N–H and O–H groups in total. The maximum atomic E-state index is 9.61. The van der Waals surface area contributed by atoms with Crippen LogP contribution in [0.4, 0.5) is 0 Å². The Morgan fingerprint density at radius 2 is 1.36 bits per heavy atom. The van der Waals surface area contributed by atoms with Crippen LogP contribution in [-0.4, -0.2) is 8.07 Å². The summed E-state index contributed by atoms with van der Waals surface area (Å²) in [4.78, 5) is 0. The van der Waals surface area contributed by atoms with Gasteiger partial charge in [-0.1, -0.05) is 103 Å². The summed E-state index contributed by atoms with van der Waals surface area (Å²) in [5, 5.41) is 12.9. The third kappa shape index (κ3) is 3.07. The van der Waals surface area contributed by atoms with Gasteiger partial charge in [0, 0.05) is 0 Å². The van der Waals surface area contributed by atoms with Gasteiger partial charge in [0.25, 0.3) is 0 Å². The van der Waals surface area contributed by atoms with E-state index in [1.807, 2.05) is 78.9 Å². The van der Waals surface area contributed by atoms with E-state index in [1.54, 1.807) is 13.0 Å². The van der Waals surface area contributed by atoms with E-state index in [9.17, 15) is 5.26 Å². The van der Waals surface area contributed by atoms with Crippen LogP contribution in [0.5, 0.6) is 0 Å². The lowest BCUT2D eigenvalue weighted by molar-refractivity contribution is 1.48. The standard InChI is InChI=1S/C26H21NSi/c1-21-10-8-16-25(18-21)28(23-12-4-2-5-13-23,24-14-6-3-7-15-24)26-17-9-11-22(19-26)20-27/h2-19H,1H3/i8D,10D,16D,18D. The van der Waals surface area contributed by atoms with Crippen molar-refractivity contribution < 1.29 is 5.48 Å². The van der Waals surface area contributed by atoms with E-state index in [0.717, 1.165) is 15.6 Å². The minimum absolute atomic E-state index is 0.0847. The Morgan fingerprint density at radius 1 is 0.750 bits per heavy atom. The number of benzene rings is 4. The highest BCUT2D eigenvalue weighted by Crippen LogP contribution is 2.11. The van der Waals surface area contributed by atoms with Crippen LogP contribution >= 0.6 is 0 Å². The fraction of sp³-hybridized carbons (Fsp3) is 0.0385. The smallest absolute Gasteiger partial charge is 0.179 e. The van der Waals surface area contributed by atoms with Crippen LogP contribution < -0.4 is 20.7 Å². The predicted molar refractivity (Wildman–Crippen MR) is 120 cm³/mol. The molecule has 0 amide bonds. The third-order valence-corrected chi connectivity index (χ3v) is 9.54. The molecule has 4 rings (SSSR count). The highest BCUT2D eigenvalue weighted by Gasteiger charge is 2.41. The van der Waals surface area contributed by atoms with Gasteiger partial charge < -0.3 is 0 Å². The largest absolute Gasteiger partial charge is 0.192 e. The first-order valence-electron chi connectivity index (χ1n) is 11.1. The Labute approximate surface area is 173 Å². The normalized spacial score (nSPS) is 13.0. The van der Waals surface area contributed by atoms with Gasteiger partial charge in [0.15, 0.2) is 8.07 Å². The molecule has 2 heteroatoms. The zero-order valence-electron chi connectivity index (χ0n) is 19.5. The van der Waals surface area contributed by atoms with Gasteiger partial charge in [-0.05, 0) is 39.8 Å². The molecule has 1 nitrogen and oxygen atoms in total. The number of hydrogen-bond donors (Lipinski definition) is 0. The minimum atomic E-state index is -3.25. The quantitative estimate of drug-likeness (QED) is 0.394. The average molecular weight is 380 g/mol. The zero-order chi connectivity index (χ0) is 22.9. The Bertz CT molecular complexity index is 1260. The minimum Gasteiger partial charge on any atom is -0.192 e. The monoisotopic (exact) mass is 379 g/mol. The fourth-order valence-corrected chi connectivity index (χ4v) is 8.35. The summed E-state index contributed by atoms with van der Waals surface area (Å²) in [6.07, 6.45) is 0. The first kappa shape index (κ1) is 13.7. The van der Waals surface area contributed by atoms with Crippen LogP contribution in [0.3, 0.4) is 0 Å². The maximum absolute atomic E-state index is 9.61. The number of nitrogens with zero attached hydrogens (tertiary/aromatic N) is 1. The summed E-state index contributed by atoms with van der Waals surface area (Å²) in [6.45, 7) is 1.67. The molecule has 0 fully saturated rings. The van der Waals surface area contributed by atoms with Crippen molar-refractivity contribution in [3.05, 3.63) is 120 Å². The molecule has 134 valence electrons. The van der Waals surface area contributed by atoms with Gasteiger partial charge in [0.05, 0.1) is 17.1 Å². The van der Waals surface area contributed by atoms with Crippen molar-refractivity contribution >= 4 is 28.8 Å². The molecular weight excluding hydrogens is 354 g/mol. The zero-order valence-corrected chi connectivity index (χ0v) is 16.5. The molecule has 0 aromatic heterocycles.